The number of carbonyl (C=O) groups is 1. The van der Waals surface area contributed by atoms with E-state index in [1.165, 1.54) is 18.9 Å². The van der Waals surface area contributed by atoms with Crippen LogP contribution in [0.1, 0.15) is 25.3 Å². The molecular formula is C15H19NO2. The SMILES string of the molecule is CC(=O)O[C@@H]1CC2CC1N(Cc1ccccc1)C2. The van der Waals surface area contributed by atoms with Crippen LogP contribution >= 0.6 is 0 Å². The molecule has 0 spiro atoms. The highest BCUT2D eigenvalue weighted by Crippen LogP contribution is 2.40. The third kappa shape index (κ3) is 2.27. The van der Waals surface area contributed by atoms with Gasteiger partial charge < -0.3 is 4.74 Å². The van der Waals surface area contributed by atoms with Gasteiger partial charge in [-0.25, -0.2) is 0 Å². The van der Waals surface area contributed by atoms with E-state index in [4.69, 9.17) is 4.74 Å². The molecule has 2 bridgehead atoms. The number of ether oxygens (including phenoxy) is 1. The van der Waals surface area contributed by atoms with Gasteiger partial charge in [-0.2, -0.15) is 0 Å². The second kappa shape index (κ2) is 4.73. The maximum atomic E-state index is 11.1. The summed E-state index contributed by atoms with van der Waals surface area (Å²) in [5.74, 6) is 0.565. The first-order valence-corrected chi connectivity index (χ1v) is 6.67. The van der Waals surface area contributed by atoms with Crippen molar-refractivity contribution in [3.8, 4) is 0 Å². The Labute approximate surface area is 108 Å². The number of benzene rings is 1. The topological polar surface area (TPSA) is 29.5 Å². The van der Waals surface area contributed by atoms with Crippen molar-refractivity contribution in [3.63, 3.8) is 0 Å². The molecule has 3 heteroatoms. The van der Waals surface area contributed by atoms with E-state index >= 15 is 0 Å². The Morgan fingerprint density at radius 2 is 2.11 bits per heavy atom. The average molecular weight is 245 g/mol. The summed E-state index contributed by atoms with van der Waals surface area (Å²) in [7, 11) is 0. The van der Waals surface area contributed by atoms with Gasteiger partial charge in [0, 0.05) is 26.1 Å². The zero-order valence-electron chi connectivity index (χ0n) is 10.7. The Morgan fingerprint density at radius 3 is 2.78 bits per heavy atom. The fourth-order valence-electron chi connectivity index (χ4n) is 3.42. The van der Waals surface area contributed by atoms with E-state index in [9.17, 15) is 4.79 Å². The molecule has 3 atom stereocenters. The Kier molecular flexibility index (Phi) is 3.08. The van der Waals surface area contributed by atoms with Crippen LogP contribution in [0.3, 0.4) is 0 Å². The highest BCUT2D eigenvalue weighted by atomic mass is 16.5. The van der Waals surface area contributed by atoms with Crippen molar-refractivity contribution in [1.29, 1.82) is 0 Å². The van der Waals surface area contributed by atoms with Crippen LogP contribution in [0.25, 0.3) is 0 Å². The van der Waals surface area contributed by atoms with E-state index in [1.54, 1.807) is 0 Å². The predicted molar refractivity (Wildman–Crippen MR) is 68.9 cm³/mol. The Bertz CT molecular complexity index is 431. The number of esters is 1. The van der Waals surface area contributed by atoms with E-state index in [2.05, 4.69) is 29.2 Å². The molecule has 2 aliphatic rings. The Morgan fingerprint density at radius 1 is 1.33 bits per heavy atom. The van der Waals surface area contributed by atoms with Crippen LogP contribution in [0.2, 0.25) is 0 Å². The summed E-state index contributed by atoms with van der Waals surface area (Å²) in [4.78, 5) is 13.6. The quantitative estimate of drug-likeness (QED) is 0.765. The molecule has 96 valence electrons. The first-order valence-electron chi connectivity index (χ1n) is 6.67. The molecule has 18 heavy (non-hydrogen) atoms. The van der Waals surface area contributed by atoms with Crippen molar-refractivity contribution in [3.05, 3.63) is 35.9 Å². The highest BCUT2D eigenvalue weighted by Gasteiger charge is 2.46. The summed E-state index contributed by atoms with van der Waals surface area (Å²) in [5, 5.41) is 0. The Balaban J connectivity index is 1.66. The van der Waals surface area contributed by atoms with E-state index in [-0.39, 0.29) is 12.1 Å². The number of fused-ring (bicyclic) bond motifs is 2. The van der Waals surface area contributed by atoms with Crippen LogP contribution in [0, 0.1) is 5.92 Å². The van der Waals surface area contributed by atoms with Crippen molar-refractivity contribution in [1.82, 2.24) is 4.90 Å². The molecule has 2 fully saturated rings. The zero-order valence-corrected chi connectivity index (χ0v) is 10.7. The second-order valence-electron chi connectivity index (χ2n) is 5.47. The minimum absolute atomic E-state index is 0.116. The van der Waals surface area contributed by atoms with Crippen LogP contribution < -0.4 is 0 Å². The second-order valence-corrected chi connectivity index (χ2v) is 5.47. The highest BCUT2D eigenvalue weighted by molar-refractivity contribution is 5.66. The molecule has 1 aliphatic carbocycles. The summed E-state index contributed by atoms with van der Waals surface area (Å²) in [5.41, 5.74) is 1.34. The van der Waals surface area contributed by atoms with Crippen molar-refractivity contribution in [2.24, 2.45) is 5.92 Å². The van der Waals surface area contributed by atoms with Gasteiger partial charge in [0.1, 0.15) is 6.10 Å². The number of rotatable bonds is 3. The van der Waals surface area contributed by atoms with E-state index in [1.807, 2.05) is 6.07 Å². The fourth-order valence-corrected chi connectivity index (χ4v) is 3.42. The molecular weight excluding hydrogens is 226 g/mol. The number of piperidine rings is 1. The molecule has 0 aromatic heterocycles. The van der Waals surface area contributed by atoms with Crippen molar-refractivity contribution in [2.45, 2.75) is 38.5 Å². The van der Waals surface area contributed by atoms with Crippen LogP contribution in [0.15, 0.2) is 30.3 Å². The lowest BCUT2D eigenvalue weighted by Gasteiger charge is -2.32. The fraction of sp³-hybridized carbons (Fsp3) is 0.533. The monoisotopic (exact) mass is 245 g/mol. The summed E-state index contributed by atoms with van der Waals surface area (Å²) in [6.07, 6.45) is 2.35. The lowest BCUT2D eigenvalue weighted by atomic mass is 10.1. The van der Waals surface area contributed by atoms with Gasteiger partial charge in [-0.3, -0.25) is 9.69 Å². The minimum Gasteiger partial charge on any atom is -0.461 e. The Hall–Kier alpha value is -1.35. The molecule has 2 unspecified atom stereocenters. The van der Waals surface area contributed by atoms with E-state index in [0.29, 0.717) is 12.0 Å². The number of hydrogen-bond acceptors (Lipinski definition) is 3. The lowest BCUT2D eigenvalue weighted by molar-refractivity contribution is -0.149. The summed E-state index contributed by atoms with van der Waals surface area (Å²) >= 11 is 0. The van der Waals surface area contributed by atoms with Crippen LogP contribution in [-0.4, -0.2) is 29.6 Å². The third-order valence-corrected chi connectivity index (χ3v) is 4.08. The third-order valence-electron chi connectivity index (χ3n) is 4.08. The zero-order chi connectivity index (χ0) is 12.5. The normalized spacial score (nSPS) is 30.6. The van der Waals surface area contributed by atoms with Crippen molar-refractivity contribution < 1.29 is 9.53 Å². The van der Waals surface area contributed by atoms with Gasteiger partial charge >= 0.3 is 5.97 Å². The molecule has 1 aromatic rings. The molecule has 1 saturated heterocycles. The van der Waals surface area contributed by atoms with Gasteiger partial charge in [0.15, 0.2) is 0 Å². The standard InChI is InChI=1S/C15H19NO2/c1-11(17)18-15-8-13-7-14(15)16(10-13)9-12-5-3-2-4-6-12/h2-6,13-15H,7-10H2,1H3/t13?,14?,15-/m1/s1. The number of nitrogens with zero attached hydrogens (tertiary/aromatic N) is 1. The van der Waals surface area contributed by atoms with Gasteiger partial charge in [-0.1, -0.05) is 30.3 Å². The van der Waals surface area contributed by atoms with Gasteiger partial charge in [-0.15, -0.1) is 0 Å². The van der Waals surface area contributed by atoms with E-state index < -0.39 is 0 Å². The number of likely N-dealkylation sites (tertiary alicyclic amines) is 1. The first-order chi connectivity index (χ1) is 8.72. The van der Waals surface area contributed by atoms with E-state index in [0.717, 1.165) is 19.5 Å². The number of carbonyl (C=O) groups excluding carboxylic acids is 1. The van der Waals surface area contributed by atoms with Gasteiger partial charge in [0.2, 0.25) is 0 Å². The lowest BCUT2D eigenvalue weighted by Crippen LogP contribution is -2.42. The molecule has 0 N–H and O–H groups in total. The molecule has 3 nitrogen and oxygen atoms in total. The number of hydrogen-bond donors (Lipinski definition) is 0. The average Bonchev–Trinajstić information content (AvgIpc) is 2.88. The summed E-state index contributed by atoms with van der Waals surface area (Å²) < 4.78 is 5.43. The van der Waals surface area contributed by atoms with Crippen LogP contribution in [0.4, 0.5) is 0 Å². The molecule has 0 radical (unpaired) electrons. The summed E-state index contributed by atoms with van der Waals surface area (Å²) in [6.45, 7) is 3.63. The van der Waals surface area contributed by atoms with Gasteiger partial charge in [0.05, 0.1) is 0 Å². The maximum absolute atomic E-state index is 11.1. The molecule has 1 aliphatic heterocycles. The van der Waals surface area contributed by atoms with Gasteiger partial charge in [-0.05, 0) is 24.3 Å². The van der Waals surface area contributed by atoms with Crippen molar-refractivity contribution in [2.75, 3.05) is 6.54 Å². The molecule has 1 heterocycles. The maximum Gasteiger partial charge on any atom is 0.302 e. The van der Waals surface area contributed by atoms with Crippen LogP contribution in [0.5, 0.6) is 0 Å². The first kappa shape index (κ1) is 11.7. The smallest absolute Gasteiger partial charge is 0.302 e. The summed E-state index contributed by atoms with van der Waals surface area (Å²) in [6, 6.07) is 10.9. The molecule has 0 amide bonds. The molecule has 1 aromatic carbocycles. The van der Waals surface area contributed by atoms with Crippen LogP contribution in [-0.2, 0) is 16.1 Å². The largest absolute Gasteiger partial charge is 0.461 e. The minimum atomic E-state index is -0.146. The van der Waals surface area contributed by atoms with Crippen molar-refractivity contribution >= 4 is 5.97 Å². The predicted octanol–water partition coefficient (Wildman–Crippen LogP) is 2.21. The molecule has 1 saturated carbocycles. The van der Waals surface area contributed by atoms with Gasteiger partial charge in [0.25, 0.3) is 0 Å². The molecule has 3 rings (SSSR count).